The Morgan fingerprint density at radius 3 is 2.71 bits per heavy atom. The highest BCUT2D eigenvalue weighted by Gasteiger charge is 2.61. The average molecular weight is 396 g/mol. The van der Waals surface area contributed by atoms with Crippen molar-refractivity contribution in [3.8, 4) is 0 Å². The second-order valence-corrected chi connectivity index (χ2v) is 8.51. The van der Waals surface area contributed by atoms with Gasteiger partial charge in [-0.1, -0.05) is 23.7 Å². The molecule has 1 aliphatic heterocycles. The Morgan fingerprint density at radius 2 is 2.00 bits per heavy atom. The predicted molar refractivity (Wildman–Crippen MR) is 109 cm³/mol. The molecule has 1 amide bonds. The van der Waals surface area contributed by atoms with Gasteiger partial charge in [0.15, 0.2) is 0 Å². The quantitative estimate of drug-likeness (QED) is 0.732. The van der Waals surface area contributed by atoms with Crippen molar-refractivity contribution < 1.29 is 4.79 Å². The van der Waals surface area contributed by atoms with Crippen LogP contribution in [0.25, 0.3) is 11.0 Å². The Labute approximate surface area is 168 Å². The number of benzene rings is 1. The van der Waals surface area contributed by atoms with Crippen LogP contribution in [0.5, 0.6) is 0 Å². The molecule has 7 heteroatoms. The van der Waals surface area contributed by atoms with E-state index in [2.05, 4.69) is 39.0 Å². The van der Waals surface area contributed by atoms with E-state index in [1.807, 2.05) is 29.3 Å². The number of nitrogens with zero attached hydrogens (tertiary/aromatic N) is 4. The summed E-state index contributed by atoms with van der Waals surface area (Å²) >= 11 is 6.06. The minimum absolute atomic E-state index is 0.129. The van der Waals surface area contributed by atoms with Crippen molar-refractivity contribution in [2.24, 2.45) is 5.41 Å². The number of hydrogen-bond acceptors (Lipinski definition) is 4. The molecule has 3 aromatic rings. The van der Waals surface area contributed by atoms with Crippen LogP contribution in [0, 0.1) is 5.41 Å². The third kappa shape index (κ3) is 2.51. The van der Waals surface area contributed by atoms with Gasteiger partial charge in [-0.25, -0.2) is 9.97 Å². The highest BCUT2D eigenvalue weighted by atomic mass is 35.5. The van der Waals surface area contributed by atoms with Gasteiger partial charge in [0.2, 0.25) is 5.91 Å². The zero-order chi connectivity index (χ0) is 19.5. The molecule has 3 heterocycles. The molecule has 144 valence electrons. The van der Waals surface area contributed by atoms with Crippen LogP contribution in [0.15, 0.2) is 42.9 Å². The number of nitrogens with one attached hydrogen (secondary N) is 1. The Kier molecular flexibility index (Phi) is 3.88. The number of rotatable bonds is 3. The van der Waals surface area contributed by atoms with Crippen LogP contribution >= 0.6 is 11.6 Å². The highest BCUT2D eigenvalue weighted by Crippen LogP contribution is 2.61. The van der Waals surface area contributed by atoms with Crippen LogP contribution in [0.4, 0.5) is 5.82 Å². The van der Waals surface area contributed by atoms with E-state index in [1.54, 1.807) is 13.3 Å². The van der Waals surface area contributed by atoms with Gasteiger partial charge < -0.3 is 14.8 Å². The van der Waals surface area contributed by atoms with E-state index in [4.69, 9.17) is 11.6 Å². The Bertz CT molecular complexity index is 1040. The third-order valence-corrected chi connectivity index (χ3v) is 6.72. The summed E-state index contributed by atoms with van der Waals surface area (Å²) in [5, 5.41) is 1.76. The molecule has 1 saturated heterocycles. The molecule has 5 rings (SSSR count). The smallest absolute Gasteiger partial charge is 0.219 e. The molecule has 0 bridgehead atoms. The van der Waals surface area contributed by atoms with Gasteiger partial charge in [-0.05, 0) is 36.6 Å². The maximum atomic E-state index is 12.1. The molecule has 1 aromatic carbocycles. The first-order valence-corrected chi connectivity index (χ1v) is 9.90. The molecular weight excluding hydrogens is 374 g/mol. The molecule has 1 saturated carbocycles. The van der Waals surface area contributed by atoms with E-state index >= 15 is 0 Å². The number of H-pyrrole nitrogens is 1. The summed E-state index contributed by atoms with van der Waals surface area (Å²) in [4.78, 5) is 28.3. The highest BCUT2D eigenvalue weighted by molar-refractivity contribution is 6.30. The van der Waals surface area contributed by atoms with Gasteiger partial charge in [-0.2, -0.15) is 0 Å². The SMILES string of the molecule is CC(=O)N1CC2(CC(N(C)c3ncnc4[nH]ccc34)C2)C1c1ccc(Cl)cc1. The molecule has 0 radical (unpaired) electrons. The van der Waals surface area contributed by atoms with Crippen LogP contribution in [0.2, 0.25) is 5.02 Å². The second kappa shape index (κ2) is 6.21. The first-order chi connectivity index (χ1) is 13.5. The van der Waals surface area contributed by atoms with Crippen LogP contribution in [-0.2, 0) is 4.79 Å². The fraction of sp³-hybridized carbons (Fsp3) is 0.381. The van der Waals surface area contributed by atoms with E-state index in [0.29, 0.717) is 6.04 Å². The number of anilines is 1. The normalized spacial score (nSPS) is 26.2. The molecule has 1 N–H and O–H groups in total. The van der Waals surface area contributed by atoms with Crippen LogP contribution in [0.3, 0.4) is 0 Å². The lowest BCUT2D eigenvalue weighted by Gasteiger charge is -2.66. The summed E-state index contributed by atoms with van der Waals surface area (Å²) in [7, 11) is 2.10. The minimum atomic E-state index is 0.129. The summed E-state index contributed by atoms with van der Waals surface area (Å²) in [6, 6.07) is 10.5. The first kappa shape index (κ1) is 17.5. The Balaban J connectivity index is 1.39. The predicted octanol–water partition coefficient (Wildman–Crippen LogP) is 3.80. The lowest BCUT2D eigenvalue weighted by molar-refractivity contribution is -0.169. The minimum Gasteiger partial charge on any atom is -0.356 e. The van der Waals surface area contributed by atoms with Crippen molar-refractivity contribution in [1.82, 2.24) is 19.9 Å². The van der Waals surface area contributed by atoms with Gasteiger partial charge in [0, 0.05) is 43.2 Å². The van der Waals surface area contributed by atoms with Crippen molar-refractivity contribution in [3.05, 3.63) is 53.4 Å². The maximum Gasteiger partial charge on any atom is 0.219 e. The standard InChI is InChI=1S/C21H22ClN5O/c1-13(28)27-11-21(18(27)14-3-5-15(22)6-4-14)9-16(10-21)26(2)20-17-7-8-23-19(17)24-12-25-20/h3-8,12,16,18H,9-11H2,1-2H3,(H,23,24,25). The maximum absolute atomic E-state index is 12.1. The van der Waals surface area contributed by atoms with Crippen molar-refractivity contribution in [2.75, 3.05) is 18.5 Å². The third-order valence-electron chi connectivity index (χ3n) is 6.47. The summed E-state index contributed by atoms with van der Waals surface area (Å²) in [5.41, 5.74) is 2.17. The largest absolute Gasteiger partial charge is 0.356 e. The van der Waals surface area contributed by atoms with Gasteiger partial charge in [0.1, 0.15) is 17.8 Å². The Hall–Kier alpha value is -2.60. The van der Waals surface area contributed by atoms with Crippen LogP contribution in [0.1, 0.15) is 31.4 Å². The number of halogens is 1. The second-order valence-electron chi connectivity index (χ2n) is 8.07. The Morgan fingerprint density at radius 1 is 1.25 bits per heavy atom. The molecule has 2 aliphatic rings. The number of aromatic nitrogens is 3. The van der Waals surface area contributed by atoms with E-state index in [1.165, 1.54) is 5.56 Å². The van der Waals surface area contributed by atoms with Gasteiger partial charge in [-0.15, -0.1) is 0 Å². The lowest BCUT2D eigenvalue weighted by atomic mass is 9.54. The number of fused-ring (bicyclic) bond motifs is 1. The number of aromatic amines is 1. The van der Waals surface area contributed by atoms with E-state index < -0.39 is 0 Å². The zero-order valence-corrected chi connectivity index (χ0v) is 16.6. The molecule has 28 heavy (non-hydrogen) atoms. The van der Waals surface area contributed by atoms with Crippen molar-refractivity contribution in [3.63, 3.8) is 0 Å². The van der Waals surface area contributed by atoms with E-state index in [-0.39, 0.29) is 17.4 Å². The molecule has 6 nitrogen and oxygen atoms in total. The topological polar surface area (TPSA) is 65.1 Å². The fourth-order valence-corrected chi connectivity index (χ4v) is 5.15. The summed E-state index contributed by atoms with van der Waals surface area (Å²) < 4.78 is 0. The van der Waals surface area contributed by atoms with Crippen molar-refractivity contribution in [1.29, 1.82) is 0 Å². The molecule has 1 spiro atoms. The number of carbonyl (C=O) groups is 1. The zero-order valence-electron chi connectivity index (χ0n) is 15.9. The summed E-state index contributed by atoms with van der Waals surface area (Å²) in [6.07, 6.45) is 5.58. The molecule has 1 atom stereocenters. The van der Waals surface area contributed by atoms with Gasteiger partial charge >= 0.3 is 0 Å². The van der Waals surface area contributed by atoms with E-state index in [0.717, 1.165) is 41.3 Å². The van der Waals surface area contributed by atoms with Gasteiger partial charge in [0.25, 0.3) is 0 Å². The summed E-state index contributed by atoms with van der Waals surface area (Å²) in [5.74, 6) is 1.09. The number of amides is 1. The molecule has 1 aliphatic carbocycles. The van der Waals surface area contributed by atoms with Crippen molar-refractivity contribution in [2.45, 2.75) is 31.8 Å². The van der Waals surface area contributed by atoms with E-state index in [9.17, 15) is 4.79 Å². The van der Waals surface area contributed by atoms with Crippen LogP contribution in [-0.4, -0.2) is 45.4 Å². The molecule has 2 aromatic heterocycles. The first-order valence-electron chi connectivity index (χ1n) is 9.52. The van der Waals surface area contributed by atoms with Crippen molar-refractivity contribution >= 4 is 34.4 Å². The number of carbonyl (C=O) groups excluding carboxylic acids is 1. The monoisotopic (exact) mass is 395 g/mol. The number of hydrogen-bond donors (Lipinski definition) is 1. The molecule has 1 unspecified atom stereocenters. The average Bonchev–Trinajstić information content (AvgIpc) is 3.10. The lowest BCUT2D eigenvalue weighted by Crippen LogP contribution is -2.68. The summed E-state index contributed by atoms with van der Waals surface area (Å²) in [6.45, 7) is 2.48. The van der Waals surface area contributed by atoms with Gasteiger partial charge in [0.05, 0.1) is 11.4 Å². The molecular formula is C21H22ClN5O. The number of likely N-dealkylation sites (tertiary alicyclic amines) is 1. The fourth-order valence-electron chi connectivity index (χ4n) is 5.02. The molecule has 2 fully saturated rings. The van der Waals surface area contributed by atoms with Gasteiger partial charge in [-0.3, -0.25) is 4.79 Å². The van der Waals surface area contributed by atoms with Crippen LogP contribution < -0.4 is 4.90 Å².